The van der Waals surface area contributed by atoms with Gasteiger partial charge in [0.05, 0.1) is 24.9 Å². The predicted octanol–water partition coefficient (Wildman–Crippen LogP) is 6.44. The predicted molar refractivity (Wildman–Crippen MR) is 133 cm³/mol. The van der Waals surface area contributed by atoms with Crippen molar-refractivity contribution in [2.45, 2.75) is 44.4 Å². The summed E-state index contributed by atoms with van der Waals surface area (Å²) in [6.07, 6.45) is -5.28. The zero-order chi connectivity index (χ0) is 26.7. The van der Waals surface area contributed by atoms with Gasteiger partial charge in [-0.05, 0) is 61.2 Å². The third-order valence-corrected chi connectivity index (χ3v) is 5.94. The number of halogens is 4. The highest BCUT2D eigenvalue weighted by atomic mass is 35.5. The molecule has 1 aromatic heterocycles. The van der Waals surface area contributed by atoms with Gasteiger partial charge in [-0.3, -0.25) is 4.99 Å². The van der Waals surface area contributed by atoms with Crippen molar-refractivity contribution >= 4 is 40.4 Å². The lowest BCUT2D eigenvalue weighted by atomic mass is 9.75. The fourth-order valence-electron chi connectivity index (χ4n) is 3.94. The summed E-state index contributed by atoms with van der Waals surface area (Å²) in [6.45, 7) is 4.96. The molecule has 0 bridgehead atoms. The Balaban J connectivity index is 2.01. The molecular formula is C26H26ClF3N2O4. The van der Waals surface area contributed by atoms with Crippen molar-refractivity contribution in [1.29, 1.82) is 0 Å². The normalized spacial score (nSPS) is 14.1. The summed E-state index contributed by atoms with van der Waals surface area (Å²) in [5, 5.41) is 11.6. The number of carbonyl (C=O) groups excluding carboxylic acids is 1. The molecule has 3 rings (SSSR count). The number of aliphatic hydroxyl groups is 1. The smallest absolute Gasteiger partial charge is 0.422 e. The Bertz CT molecular complexity index is 1290. The number of aromatic nitrogens is 1. The van der Waals surface area contributed by atoms with E-state index in [-0.39, 0.29) is 18.0 Å². The molecule has 6 nitrogen and oxygen atoms in total. The first-order chi connectivity index (χ1) is 16.8. The van der Waals surface area contributed by atoms with Crippen LogP contribution in [0.4, 0.5) is 18.9 Å². The second-order valence-electron chi connectivity index (χ2n) is 8.85. The van der Waals surface area contributed by atoms with Crippen LogP contribution < -0.4 is 4.74 Å². The average molecular weight is 523 g/mol. The fraction of sp³-hybridized carbons (Fsp3) is 0.346. The molecule has 0 fully saturated rings. The third-order valence-electron chi connectivity index (χ3n) is 5.70. The summed E-state index contributed by atoms with van der Waals surface area (Å²) in [5.41, 5.74) is -3.51. The van der Waals surface area contributed by atoms with E-state index < -0.39 is 29.6 Å². The lowest BCUT2D eigenvalue weighted by Crippen LogP contribution is -2.50. The number of hydrogen-bond donors (Lipinski definition) is 1. The maximum absolute atomic E-state index is 14.2. The van der Waals surface area contributed by atoms with Gasteiger partial charge >= 0.3 is 12.1 Å². The number of aliphatic imine (C=N–C) groups is 1. The van der Waals surface area contributed by atoms with Crippen LogP contribution in [0.2, 0.25) is 5.02 Å². The number of fused-ring (bicyclic) bond motifs is 1. The van der Waals surface area contributed by atoms with E-state index >= 15 is 0 Å². The molecule has 3 aromatic rings. The Kier molecular flexibility index (Phi) is 7.95. The highest BCUT2D eigenvalue weighted by molar-refractivity contribution is 6.30. The second kappa shape index (κ2) is 10.4. The van der Waals surface area contributed by atoms with Crippen LogP contribution in [-0.4, -0.2) is 47.8 Å². The minimum Gasteiger partial charge on any atom is -0.496 e. The van der Waals surface area contributed by atoms with Gasteiger partial charge in [0, 0.05) is 22.2 Å². The van der Waals surface area contributed by atoms with E-state index in [1.54, 1.807) is 45.0 Å². The molecule has 1 N–H and O–H groups in total. The maximum Gasteiger partial charge on any atom is 0.422 e. The molecule has 0 aliphatic rings. The highest BCUT2D eigenvalue weighted by Gasteiger charge is 2.55. The average Bonchev–Trinajstić information content (AvgIpc) is 2.81. The third kappa shape index (κ3) is 5.79. The number of alkyl halides is 3. The van der Waals surface area contributed by atoms with E-state index in [0.29, 0.717) is 33.5 Å². The second-order valence-corrected chi connectivity index (χ2v) is 9.28. The number of benzene rings is 2. The van der Waals surface area contributed by atoms with E-state index in [9.17, 15) is 23.1 Å². The highest BCUT2D eigenvalue weighted by Crippen LogP contribution is 2.44. The molecule has 0 aliphatic carbocycles. The molecule has 0 amide bonds. The van der Waals surface area contributed by atoms with Gasteiger partial charge in [-0.1, -0.05) is 31.5 Å². The molecule has 1 unspecified atom stereocenters. The van der Waals surface area contributed by atoms with Crippen molar-refractivity contribution < 1.29 is 32.5 Å². The topological polar surface area (TPSA) is 81.0 Å². The molecule has 0 saturated heterocycles. The number of carbonyl (C=O) groups is 1. The molecule has 192 valence electrons. The Hall–Kier alpha value is -3.17. The summed E-state index contributed by atoms with van der Waals surface area (Å²) < 4.78 is 52.8. The van der Waals surface area contributed by atoms with Gasteiger partial charge in [-0.25, -0.2) is 9.78 Å². The van der Waals surface area contributed by atoms with Crippen LogP contribution in [0.1, 0.15) is 43.2 Å². The first-order valence-corrected chi connectivity index (χ1v) is 11.4. The largest absolute Gasteiger partial charge is 0.496 e. The van der Waals surface area contributed by atoms with Crippen LogP contribution in [0.5, 0.6) is 5.75 Å². The number of rotatable bonds is 8. The van der Waals surface area contributed by atoms with Crippen LogP contribution in [0.3, 0.4) is 0 Å². The van der Waals surface area contributed by atoms with E-state index in [1.807, 2.05) is 0 Å². The van der Waals surface area contributed by atoms with Crippen LogP contribution in [0.15, 0.2) is 53.5 Å². The number of nitrogens with zero attached hydrogens (tertiary/aromatic N) is 2. The summed E-state index contributed by atoms with van der Waals surface area (Å²) in [4.78, 5) is 20.2. The van der Waals surface area contributed by atoms with Crippen molar-refractivity contribution in [2.75, 3.05) is 13.7 Å². The van der Waals surface area contributed by atoms with E-state index in [4.69, 9.17) is 21.1 Å². The first-order valence-electron chi connectivity index (χ1n) is 11.1. The monoisotopic (exact) mass is 522 g/mol. The lowest BCUT2D eigenvalue weighted by Gasteiger charge is -2.36. The lowest BCUT2D eigenvalue weighted by molar-refractivity contribution is -0.234. The molecule has 2 aromatic carbocycles. The summed E-state index contributed by atoms with van der Waals surface area (Å²) in [5.74, 6) is -0.262. The van der Waals surface area contributed by atoms with E-state index in [1.165, 1.54) is 31.4 Å². The maximum atomic E-state index is 14.2. The van der Waals surface area contributed by atoms with Crippen molar-refractivity contribution in [1.82, 2.24) is 4.98 Å². The summed E-state index contributed by atoms with van der Waals surface area (Å²) in [6, 6.07) is 12.2. The first kappa shape index (κ1) is 27.4. The Morgan fingerprint density at radius 3 is 2.53 bits per heavy atom. The van der Waals surface area contributed by atoms with Crippen LogP contribution in [0.25, 0.3) is 10.9 Å². The molecule has 0 saturated carbocycles. The fourth-order valence-corrected chi connectivity index (χ4v) is 4.12. The van der Waals surface area contributed by atoms with Crippen LogP contribution in [-0.2, 0) is 10.2 Å². The van der Waals surface area contributed by atoms with Gasteiger partial charge in [0.15, 0.2) is 5.60 Å². The summed E-state index contributed by atoms with van der Waals surface area (Å²) >= 11 is 6.08. The van der Waals surface area contributed by atoms with E-state index in [0.717, 1.165) is 0 Å². The molecule has 1 heterocycles. The quantitative estimate of drug-likeness (QED) is 0.272. The van der Waals surface area contributed by atoms with Crippen LogP contribution in [0, 0.1) is 0 Å². The van der Waals surface area contributed by atoms with Crippen molar-refractivity contribution in [3.8, 4) is 5.75 Å². The van der Waals surface area contributed by atoms with Gasteiger partial charge in [-0.2, -0.15) is 13.2 Å². The molecule has 0 radical (unpaired) electrons. The molecule has 10 heteroatoms. The standard InChI is InChI=1S/C26H26ClF3N2O4/c1-5-36-23(33)21-11-10-17-19(7-6-8-20(17)32-21)31-15-25(34,26(28,29)30)14-24(2,3)18-13-16(27)9-12-22(18)35-4/h6-13,15,34H,5,14H2,1-4H3/b31-15+. The number of hydrogen-bond acceptors (Lipinski definition) is 6. The van der Waals surface area contributed by atoms with E-state index in [2.05, 4.69) is 9.98 Å². The zero-order valence-corrected chi connectivity index (χ0v) is 20.9. The Morgan fingerprint density at radius 1 is 1.17 bits per heavy atom. The SMILES string of the molecule is CCOC(=O)c1ccc2c(/N=C/C(O)(CC(C)(C)c3cc(Cl)ccc3OC)C(F)(F)F)cccc2n1. The Labute approximate surface area is 211 Å². The van der Waals surface area contributed by atoms with Gasteiger partial charge in [0.25, 0.3) is 0 Å². The van der Waals surface area contributed by atoms with Crippen molar-refractivity contribution in [3.63, 3.8) is 0 Å². The minimum absolute atomic E-state index is 0.0643. The minimum atomic E-state index is -5.03. The summed E-state index contributed by atoms with van der Waals surface area (Å²) in [7, 11) is 1.40. The molecule has 1 atom stereocenters. The number of pyridine rings is 1. The zero-order valence-electron chi connectivity index (χ0n) is 20.2. The van der Waals surface area contributed by atoms with Crippen molar-refractivity contribution in [3.05, 3.63) is 64.8 Å². The van der Waals surface area contributed by atoms with Gasteiger partial charge in [0.1, 0.15) is 11.4 Å². The van der Waals surface area contributed by atoms with Crippen LogP contribution >= 0.6 is 11.6 Å². The molecule has 36 heavy (non-hydrogen) atoms. The molecule has 0 spiro atoms. The number of methoxy groups -OCH3 is 1. The van der Waals surface area contributed by atoms with Gasteiger partial charge < -0.3 is 14.6 Å². The van der Waals surface area contributed by atoms with Crippen molar-refractivity contribution in [2.24, 2.45) is 4.99 Å². The number of ether oxygens (including phenoxy) is 2. The van der Waals surface area contributed by atoms with Gasteiger partial charge in [-0.15, -0.1) is 0 Å². The van der Waals surface area contributed by atoms with Gasteiger partial charge in [0.2, 0.25) is 0 Å². The molecular weight excluding hydrogens is 497 g/mol. The Morgan fingerprint density at radius 2 is 1.89 bits per heavy atom. The number of esters is 1. The molecule has 0 aliphatic heterocycles.